The second-order valence-corrected chi connectivity index (χ2v) is 7.23. The van der Waals surface area contributed by atoms with Crippen molar-refractivity contribution in [3.05, 3.63) is 76.3 Å². The maximum absolute atomic E-state index is 11.4. The Labute approximate surface area is 182 Å². The third kappa shape index (κ3) is 3.87. The van der Waals surface area contributed by atoms with Gasteiger partial charge in [-0.1, -0.05) is 35.3 Å². The van der Waals surface area contributed by atoms with Crippen LogP contribution in [0.25, 0.3) is 22.3 Å². The molecule has 0 amide bonds. The Morgan fingerprint density at radius 3 is 2.47 bits per heavy atom. The minimum atomic E-state index is -1.13. The van der Waals surface area contributed by atoms with Gasteiger partial charge in [-0.25, -0.2) is 14.8 Å². The van der Waals surface area contributed by atoms with Crippen molar-refractivity contribution >= 4 is 51.6 Å². The summed E-state index contributed by atoms with van der Waals surface area (Å²) in [7, 11) is 1.40. The van der Waals surface area contributed by atoms with E-state index in [4.69, 9.17) is 27.9 Å². The molecule has 0 fully saturated rings. The molecule has 0 saturated carbocycles. The third-order valence-electron chi connectivity index (χ3n) is 4.48. The van der Waals surface area contributed by atoms with Crippen molar-refractivity contribution < 1.29 is 14.6 Å². The molecule has 2 N–H and O–H groups in total. The largest absolute Gasteiger partial charge is 0.496 e. The molecule has 0 aliphatic heterocycles. The summed E-state index contributed by atoms with van der Waals surface area (Å²) in [5.74, 6) is 0.0965. The van der Waals surface area contributed by atoms with Gasteiger partial charge in [0.1, 0.15) is 17.1 Å². The number of benzene rings is 3. The predicted molar refractivity (Wildman–Crippen MR) is 118 cm³/mol. The molecule has 0 bridgehead atoms. The lowest BCUT2D eigenvalue weighted by molar-refractivity contribution is 0.0693. The molecular weight excluding hydrogens is 425 g/mol. The van der Waals surface area contributed by atoms with Gasteiger partial charge in [0.25, 0.3) is 0 Å². The maximum Gasteiger partial charge on any atom is 0.339 e. The SMILES string of the molecule is COc1cc(Nc2nc(-c3ccc(Cl)cc3)nc3ccccc23)c(Cl)cc1C(=O)O. The summed E-state index contributed by atoms with van der Waals surface area (Å²) in [6.45, 7) is 0. The van der Waals surface area contributed by atoms with Crippen LogP contribution in [0.4, 0.5) is 11.5 Å². The number of aromatic nitrogens is 2. The van der Waals surface area contributed by atoms with Crippen molar-refractivity contribution in [2.45, 2.75) is 0 Å². The summed E-state index contributed by atoms with van der Waals surface area (Å²) in [6, 6.07) is 17.7. The standard InChI is InChI=1S/C22H15Cl2N3O3/c1-30-19-11-18(16(24)10-15(19)22(28)29)26-21-14-4-2-3-5-17(14)25-20(27-21)12-6-8-13(23)9-7-12/h2-11H,1H3,(H,28,29)(H,25,26,27). The van der Waals surface area contributed by atoms with Gasteiger partial charge in [0, 0.05) is 22.0 Å². The second-order valence-electron chi connectivity index (χ2n) is 6.38. The van der Waals surface area contributed by atoms with Gasteiger partial charge >= 0.3 is 5.97 Å². The van der Waals surface area contributed by atoms with Gasteiger partial charge < -0.3 is 15.2 Å². The van der Waals surface area contributed by atoms with Gasteiger partial charge in [-0.3, -0.25) is 0 Å². The number of fused-ring (bicyclic) bond motifs is 1. The first-order chi connectivity index (χ1) is 14.5. The molecule has 30 heavy (non-hydrogen) atoms. The summed E-state index contributed by atoms with van der Waals surface area (Å²) >= 11 is 12.3. The van der Waals surface area contributed by atoms with Crippen molar-refractivity contribution in [1.82, 2.24) is 9.97 Å². The molecule has 0 radical (unpaired) electrons. The first-order valence-electron chi connectivity index (χ1n) is 8.87. The highest BCUT2D eigenvalue weighted by atomic mass is 35.5. The van der Waals surface area contributed by atoms with Gasteiger partial charge in [0.05, 0.1) is 23.3 Å². The van der Waals surface area contributed by atoms with E-state index in [2.05, 4.69) is 15.3 Å². The van der Waals surface area contributed by atoms with Gasteiger partial charge in [-0.15, -0.1) is 0 Å². The fraction of sp³-hybridized carbons (Fsp3) is 0.0455. The molecule has 3 aromatic carbocycles. The number of hydrogen-bond acceptors (Lipinski definition) is 5. The highest BCUT2D eigenvalue weighted by molar-refractivity contribution is 6.34. The minimum Gasteiger partial charge on any atom is -0.496 e. The van der Waals surface area contributed by atoms with Crippen LogP contribution in [0, 0.1) is 0 Å². The number of anilines is 2. The average molecular weight is 440 g/mol. The topological polar surface area (TPSA) is 84.3 Å². The highest BCUT2D eigenvalue weighted by Gasteiger charge is 2.17. The van der Waals surface area contributed by atoms with Gasteiger partial charge in [0.2, 0.25) is 0 Å². The van der Waals surface area contributed by atoms with E-state index in [1.54, 1.807) is 12.1 Å². The number of halogens is 2. The molecule has 0 unspecified atom stereocenters. The van der Waals surface area contributed by atoms with E-state index in [-0.39, 0.29) is 16.3 Å². The van der Waals surface area contributed by atoms with E-state index in [0.29, 0.717) is 22.4 Å². The molecule has 8 heteroatoms. The molecule has 0 spiro atoms. The van der Waals surface area contributed by atoms with E-state index in [1.807, 2.05) is 36.4 Å². The molecule has 6 nitrogen and oxygen atoms in total. The fourth-order valence-corrected chi connectivity index (χ4v) is 3.35. The quantitative estimate of drug-likeness (QED) is 0.393. The summed E-state index contributed by atoms with van der Waals surface area (Å²) < 4.78 is 5.21. The minimum absolute atomic E-state index is 0.0255. The second kappa shape index (κ2) is 8.18. The highest BCUT2D eigenvalue weighted by Crippen LogP contribution is 2.35. The normalized spacial score (nSPS) is 10.8. The number of para-hydroxylation sites is 1. The van der Waals surface area contributed by atoms with Crippen molar-refractivity contribution in [3.63, 3.8) is 0 Å². The monoisotopic (exact) mass is 439 g/mol. The zero-order chi connectivity index (χ0) is 21.3. The Hall–Kier alpha value is -3.35. The van der Waals surface area contributed by atoms with Crippen LogP contribution in [0.15, 0.2) is 60.7 Å². The van der Waals surface area contributed by atoms with Crippen LogP contribution in [0.1, 0.15) is 10.4 Å². The fourth-order valence-electron chi connectivity index (χ4n) is 3.01. The van der Waals surface area contributed by atoms with E-state index < -0.39 is 5.97 Å². The number of nitrogens with one attached hydrogen (secondary N) is 1. The Morgan fingerprint density at radius 1 is 1.03 bits per heavy atom. The third-order valence-corrected chi connectivity index (χ3v) is 5.04. The lowest BCUT2D eigenvalue weighted by Crippen LogP contribution is -2.04. The van der Waals surface area contributed by atoms with E-state index >= 15 is 0 Å². The Morgan fingerprint density at radius 2 is 1.77 bits per heavy atom. The molecule has 0 atom stereocenters. The molecule has 0 aliphatic carbocycles. The number of carboxylic acids is 1. The van der Waals surface area contributed by atoms with E-state index in [1.165, 1.54) is 19.2 Å². The average Bonchev–Trinajstić information content (AvgIpc) is 2.75. The van der Waals surface area contributed by atoms with Crippen molar-refractivity contribution in [1.29, 1.82) is 0 Å². The van der Waals surface area contributed by atoms with Crippen LogP contribution in [0.2, 0.25) is 10.0 Å². The van der Waals surface area contributed by atoms with Crippen molar-refractivity contribution in [2.24, 2.45) is 0 Å². The van der Waals surface area contributed by atoms with E-state index in [9.17, 15) is 9.90 Å². The molecule has 1 heterocycles. The number of aromatic carboxylic acids is 1. The first kappa shape index (κ1) is 19.9. The van der Waals surface area contributed by atoms with Crippen LogP contribution in [-0.2, 0) is 0 Å². The lowest BCUT2D eigenvalue weighted by Gasteiger charge is -2.14. The molecule has 4 rings (SSSR count). The number of rotatable bonds is 5. The summed E-state index contributed by atoms with van der Waals surface area (Å²) in [4.78, 5) is 20.7. The summed E-state index contributed by atoms with van der Waals surface area (Å²) in [6.07, 6.45) is 0. The molecule has 4 aromatic rings. The van der Waals surface area contributed by atoms with Gasteiger partial charge in [-0.05, 0) is 42.5 Å². The molecule has 1 aromatic heterocycles. The summed E-state index contributed by atoms with van der Waals surface area (Å²) in [5, 5.41) is 14.2. The summed E-state index contributed by atoms with van der Waals surface area (Å²) in [5.41, 5.74) is 1.98. The predicted octanol–water partition coefficient (Wildman–Crippen LogP) is 6.05. The van der Waals surface area contributed by atoms with Crippen molar-refractivity contribution in [2.75, 3.05) is 12.4 Å². The molecule has 0 aliphatic rings. The lowest BCUT2D eigenvalue weighted by atomic mass is 10.1. The number of carbonyl (C=O) groups is 1. The molecule has 150 valence electrons. The van der Waals surface area contributed by atoms with Gasteiger partial charge in [-0.2, -0.15) is 0 Å². The number of methoxy groups -OCH3 is 1. The van der Waals surface area contributed by atoms with Crippen molar-refractivity contribution in [3.8, 4) is 17.1 Å². The van der Waals surface area contributed by atoms with Crippen LogP contribution >= 0.6 is 23.2 Å². The van der Waals surface area contributed by atoms with Crippen LogP contribution in [0.5, 0.6) is 5.75 Å². The van der Waals surface area contributed by atoms with Crippen LogP contribution < -0.4 is 10.1 Å². The Bertz CT molecular complexity index is 1260. The van der Waals surface area contributed by atoms with Gasteiger partial charge in [0.15, 0.2) is 5.82 Å². The molecule has 0 saturated heterocycles. The number of nitrogens with zero attached hydrogens (tertiary/aromatic N) is 2. The smallest absolute Gasteiger partial charge is 0.339 e. The molecular formula is C22H15Cl2N3O3. The number of hydrogen-bond donors (Lipinski definition) is 2. The number of carboxylic acid groups (broad SMARTS) is 1. The maximum atomic E-state index is 11.4. The zero-order valence-electron chi connectivity index (χ0n) is 15.7. The number of ether oxygens (including phenoxy) is 1. The zero-order valence-corrected chi connectivity index (χ0v) is 17.2. The Balaban J connectivity index is 1.84. The van der Waals surface area contributed by atoms with Crippen LogP contribution in [0.3, 0.4) is 0 Å². The van der Waals surface area contributed by atoms with E-state index in [0.717, 1.165) is 16.5 Å². The first-order valence-corrected chi connectivity index (χ1v) is 9.62. The van der Waals surface area contributed by atoms with Crippen LogP contribution in [-0.4, -0.2) is 28.2 Å². The Kier molecular flexibility index (Phi) is 5.44.